The lowest BCUT2D eigenvalue weighted by molar-refractivity contribution is 0.490. The third kappa shape index (κ3) is 6.87. The van der Waals surface area contributed by atoms with Crippen LogP contribution in [-0.2, 0) is 5.41 Å². The first-order valence-corrected chi connectivity index (χ1v) is 21.7. The Bertz CT molecular complexity index is 3000. The summed E-state index contributed by atoms with van der Waals surface area (Å²) in [5, 5.41) is 2.52. The maximum atomic E-state index is 2.46. The summed E-state index contributed by atoms with van der Waals surface area (Å²) in [6.07, 6.45) is 6.64. The second kappa shape index (κ2) is 16.1. The second-order valence-electron chi connectivity index (χ2n) is 16.4. The summed E-state index contributed by atoms with van der Waals surface area (Å²) < 4.78 is 0. The Morgan fingerprint density at radius 2 is 0.951 bits per heavy atom. The van der Waals surface area contributed by atoms with Crippen LogP contribution in [0.3, 0.4) is 0 Å². The van der Waals surface area contributed by atoms with Gasteiger partial charge >= 0.3 is 0 Å². The number of nitrogens with zero attached hydrogens (tertiary/aromatic N) is 1. The van der Waals surface area contributed by atoms with Crippen molar-refractivity contribution < 1.29 is 0 Å². The monoisotopic (exact) mass is 783 g/mol. The summed E-state index contributed by atoms with van der Waals surface area (Å²) in [5.41, 5.74) is 20.1. The van der Waals surface area contributed by atoms with E-state index in [1.807, 2.05) is 0 Å². The number of rotatable bonds is 10. The fourth-order valence-corrected chi connectivity index (χ4v) is 9.91. The highest BCUT2D eigenvalue weighted by atomic mass is 15.1. The molecule has 0 saturated heterocycles. The molecule has 294 valence electrons. The molecule has 0 spiro atoms. The molecule has 1 aliphatic carbocycles. The van der Waals surface area contributed by atoms with E-state index in [1.54, 1.807) is 0 Å². The Balaban J connectivity index is 0.995. The summed E-state index contributed by atoms with van der Waals surface area (Å²) in [5.74, 6) is 0. The van der Waals surface area contributed by atoms with Crippen LogP contribution < -0.4 is 4.90 Å². The lowest BCUT2D eigenvalue weighted by Gasteiger charge is -2.32. The Kier molecular flexibility index (Phi) is 10.0. The van der Waals surface area contributed by atoms with Crippen LogP contribution in [0.25, 0.3) is 67.4 Å². The molecule has 0 fully saturated rings. The minimum atomic E-state index is -0.0715. The maximum Gasteiger partial charge on any atom is 0.0465 e. The van der Waals surface area contributed by atoms with Gasteiger partial charge in [0.2, 0.25) is 0 Å². The Hall–Kier alpha value is -7.22. The van der Waals surface area contributed by atoms with Gasteiger partial charge in [-0.25, -0.2) is 0 Å². The maximum absolute atomic E-state index is 2.46. The van der Waals surface area contributed by atoms with Crippen LogP contribution in [0.2, 0.25) is 0 Å². The molecular formula is C60H49N. The van der Waals surface area contributed by atoms with Crippen LogP contribution in [0, 0.1) is 6.92 Å². The van der Waals surface area contributed by atoms with Gasteiger partial charge in [-0.05, 0) is 145 Å². The van der Waals surface area contributed by atoms with E-state index in [0.717, 1.165) is 24.2 Å². The van der Waals surface area contributed by atoms with Crippen molar-refractivity contribution in [2.45, 2.75) is 39.0 Å². The predicted octanol–water partition coefficient (Wildman–Crippen LogP) is 16.9. The molecule has 10 rings (SSSR count). The van der Waals surface area contributed by atoms with E-state index in [0.29, 0.717) is 0 Å². The van der Waals surface area contributed by atoms with E-state index in [2.05, 4.69) is 244 Å². The van der Waals surface area contributed by atoms with Crippen LogP contribution in [0.4, 0.5) is 17.1 Å². The van der Waals surface area contributed by atoms with Gasteiger partial charge in [-0.15, -0.1) is 0 Å². The van der Waals surface area contributed by atoms with E-state index in [1.165, 1.54) is 88.8 Å². The van der Waals surface area contributed by atoms with E-state index in [4.69, 9.17) is 0 Å². The van der Waals surface area contributed by atoms with Crippen molar-refractivity contribution >= 4 is 40.0 Å². The fraction of sp³-hybridized carbons (Fsp3) is 0.100. The van der Waals surface area contributed by atoms with Crippen LogP contribution in [0.1, 0.15) is 54.5 Å². The number of hydrogen-bond donors (Lipinski definition) is 0. The summed E-state index contributed by atoms with van der Waals surface area (Å²) in [6.45, 7) is 6.97. The first-order chi connectivity index (χ1) is 30.0. The van der Waals surface area contributed by atoms with Gasteiger partial charge in [-0.1, -0.05) is 190 Å². The Labute approximate surface area is 360 Å². The van der Waals surface area contributed by atoms with Gasteiger partial charge in [0.05, 0.1) is 0 Å². The topological polar surface area (TPSA) is 3.24 Å². The highest BCUT2D eigenvalue weighted by Gasteiger charge is 2.41. The molecule has 0 amide bonds. The van der Waals surface area contributed by atoms with Gasteiger partial charge in [-0.2, -0.15) is 0 Å². The number of para-hydroxylation sites is 2. The van der Waals surface area contributed by atoms with E-state index >= 15 is 0 Å². The number of aryl methyl sites for hydroxylation is 1. The lowest BCUT2D eigenvalue weighted by atomic mass is 9.73. The normalized spacial score (nSPS) is 12.7. The van der Waals surface area contributed by atoms with Crippen molar-refractivity contribution in [3.63, 3.8) is 0 Å². The molecule has 0 N–H and O–H groups in total. The van der Waals surface area contributed by atoms with Crippen LogP contribution in [-0.4, -0.2) is 0 Å². The highest BCUT2D eigenvalue weighted by molar-refractivity contribution is 6.01. The smallest absolute Gasteiger partial charge is 0.0465 e. The molecule has 0 radical (unpaired) electrons. The number of benzene rings is 9. The van der Waals surface area contributed by atoms with Crippen LogP contribution in [0.5, 0.6) is 0 Å². The number of hydrogen-bond acceptors (Lipinski definition) is 1. The molecule has 0 aromatic heterocycles. The molecule has 0 atom stereocenters. The Morgan fingerprint density at radius 1 is 0.393 bits per heavy atom. The zero-order valence-electron chi connectivity index (χ0n) is 35.1. The van der Waals surface area contributed by atoms with Crippen molar-refractivity contribution in [3.8, 4) is 44.5 Å². The zero-order chi connectivity index (χ0) is 41.3. The summed E-state index contributed by atoms with van der Waals surface area (Å²) in [7, 11) is 0. The minimum absolute atomic E-state index is 0.0715. The molecule has 61 heavy (non-hydrogen) atoms. The van der Waals surface area contributed by atoms with Gasteiger partial charge in [0.25, 0.3) is 0 Å². The van der Waals surface area contributed by atoms with Gasteiger partial charge in [-0.3, -0.25) is 0 Å². The summed E-state index contributed by atoms with van der Waals surface area (Å²) in [6, 6.07) is 75.6. The standard InChI is InChI=1S/C60H49N/c1-4-60(5-2)58-39-44(31-35-55(58)56-37-33-50(41-59(56)60)61(48-22-11-7-12-23-48)49-24-13-8-14-25-49)29-28-43-30-34-51(42(3)38-43)57-40-47(45-18-9-6-10-19-45)32-36-54(57)53-27-17-21-46-20-15-16-26-52(46)53/h6-41H,4-5H2,1-3H3. The molecule has 0 saturated carbocycles. The van der Waals surface area contributed by atoms with Gasteiger partial charge < -0.3 is 4.90 Å². The minimum Gasteiger partial charge on any atom is -0.310 e. The highest BCUT2D eigenvalue weighted by Crippen LogP contribution is 2.54. The average molecular weight is 784 g/mol. The van der Waals surface area contributed by atoms with Gasteiger partial charge in [0.15, 0.2) is 0 Å². The first-order valence-electron chi connectivity index (χ1n) is 21.7. The molecule has 1 heteroatoms. The molecular weight excluding hydrogens is 735 g/mol. The quantitative estimate of drug-likeness (QED) is 0.125. The molecule has 0 unspecified atom stereocenters. The van der Waals surface area contributed by atoms with Crippen LogP contribution >= 0.6 is 0 Å². The van der Waals surface area contributed by atoms with Crippen molar-refractivity contribution in [2.75, 3.05) is 4.90 Å². The second-order valence-corrected chi connectivity index (χ2v) is 16.4. The molecule has 0 heterocycles. The third-order valence-corrected chi connectivity index (χ3v) is 13.1. The zero-order valence-corrected chi connectivity index (χ0v) is 35.1. The van der Waals surface area contributed by atoms with Gasteiger partial charge in [0, 0.05) is 22.5 Å². The Morgan fingerprint density at radius 3 is 1.62 bits per heavy atom. The molecule has 0 bridgehead atoms. The van der Waals surface area contributed by atoms with E-state index in [-0.39, 0.29) is 5.41 Å². The lowest BCUT2D eigenvalue weighted by Crippen LogP contribution is -2.23. The SMILES string of the molecule is CCC1(CC)c2cc(C=Cc3ccc(-c4cc(-c5ccccc5)ccc4-c4cccc5ccccc45)c(C)c3)ccc2-c2ccc(N(c3ccccc3)c3ccccc3)cc21. The van der Waals surface area contributed by atoms with Crippen molar-refractivity contribution in [1.82, 2.24) is 0 Å². The molecule has 9 aromatic carbocycles. The van der Waals surface area contributed by atoms with Crippen LogP contribution in [0.15, 0.2) is 206 Å². The van der Waals surface area contributed by atoms with Crippen molar-refractivity contribution in [2.24, 2.45) is 0 Å². The molecule has 1 nitrogen and oxygen atoms in total. The third-order valence-electron chi connectivity index (χ3n) is 13.1. The predicted molar refractivity (Wildman–Crippen MR) is 262 cm³/mol. The van der Waals surface area contributed by atoms with Crippen molar-refractivity contribution in [3.05, 3.63) is 234 Å². The largest absolute Gasteiger partial charge is 0.310 e. The first kappa shape index (κ1) is 38.0. The number of fused-ring (bicyclic) bond motifs is 4. The summed E-state index contributed by atoms with van der Waals surface area (Å²) in [4.78, 5) is 2.38. The molecule has 9 aromatic rings. The fourth-order valence-electron chi connectivity index (χ4n) is 9.91. The number of anilines is 3. The van der Waals surface area contributed by atoms with Gasteiger partial charge in [0.1, 0.15) is 0 Å². The average Bonchev–Trinajstić information content (AvgIpc) is 3.60. The van der Waals surface area contributed by atoms with E-state index < -0.39 is 0 Å². The molecule has 1 aliphatic rings. The molecule has 0 aliphatic heterocycles. The summed E-state index contributed by atoms with van der Waals surface area (Å²) >= 11 is 0. The van der Waals surface area contributed by atoms with Crippen molar-refractivity contribution in [1.29, 1.82) is 0 Å². The van der Waals surface area contributed by atoms with E-state index in [9.17, 15) is 0 Å².